The van der Waals surface area contributed by atoms with E-state index >= 15 is 0 Å². The first kappa shape index (κ1) is 7.50. The number of nitrogens with two attached hydrogens (primary N) is 1. The molecule has 0 aromatic rings. The lowest BCUT2D eigenvalue weighted by molar-refractivity contribution is -0.117. The van der Waals surface area contributed by atoms with Crippen molar-refractivity contribution in [1.29, 1.82) is 0 Å². The average Bonchev–Trinajstić information content (AvgIpc) is 1.75. The van der Waals surface area contributed by atoms with Crippen LogP contribution in [0, 0.1) is 0 Å². The van der Waals surface area contributed by atoms with Crippen molar-refractivity contribution in [2.24, 2.45) is 5.73 Å². The fraction of sp³-hybridized carbons (Fsp3) is 0.833. The Kier molecular flexibility index (Phi) is 2.65. The van der Waals surface area contributed by atoms with Crippen LogP contribution >= 0.6 is 0 Å². The molecule has 0 atom stereocenters. The fourth-order valence-electron chi connectivity index (χ4n) is 0.833. The molecule has 0 unspecified atom stereocenters. The molecular weight excluding hydrogens is 130 g/mol. The summed E-state index contributed by atoms with van der Waals surface area (Å²) in [6.45, 7) is 2.74. The summed E-state index contributed by atoms with van der Waals surface area (Å²) < 4.78 is 0. The van der Waals surface area contributed by atoms with Gasteiger partial charge in [-0.1, -0.05) is 0 Å². The van der Waals surface area contributed by atoms with Crippen LogP contribution in [0.2, 0.25) is 0 Å². The van der Waals surface area contributed by atoms with E-state index in [1.54, 1.807) is 0 Å². The summed E-state index contributed by atoms with van der Waals surface area (Å²) in [4.78, 5) is 10.3. The van der Waals surface area contributed by atoms with Gasteiger partial charge in [0.25, 0.3) is 0 Å². The van der Waals surface area contributed by atoms with E-state index in [0.717, 1.165) is 13.1 Å². The van der Waals surface area contributed by atoms with Gasteiger partial charge in [-0.05, 0) is 0 Å². The van der Waals surface area contributed by atoms with Gasteiger partial charge in [0.05, 0.1) is 0 Å². The Morgan fingerprint density at radius 3 is 2.80 bits per heavy atom. The highest BCUT2D eigenvalue weighted by molar-refractivity contribution is 5.73. The van der Waals surface area contributed by atoms with Crippen LogP contribution in [0.15, 0.2) is 0 Å². The molecule has 1 saturated heterocycles. The van der Waals surface area contributed by atoms with Crippen LogP contribution in [0.25, 0.3) is 0 Å². The van der Waals surface area contributed by atoms with E-state index in [2.05, 4.69) is 10.6 Å². The second kappa shape index (κ2) is 3.53. The van der Waals surface area contributed by atoms with Gasteiger partial charge in [0.15, 0.2) is 0 Å². The molecule has 1 heterocycles. The van der Waals surface area contributed by atoms with Crippen LogP contribution in [0.1, 0.15) is 6.42 Å². The van der Waals surface area contributed by atoms with E-state index in [-0.39, 0.29) is 5.91 Å². The van der Waals surface area contributed by atoms with Crippen molar-refractivity contribution in [3.63, 3.8) is 0 Å². The molecule has 0 bridgehead atoms. The summed E-state index contributed by atoms with van der Waals surface area (Å²) in [5.74, 6) is -0.236. The summed E-state index contributed by atoms with van der Waals surface area (Å²) in [6.07, 6.45) is 0.441. The van der Waals surface area contributed by atoms with E-state index in [1.165, 1.54) is 0 Å². The fourth-order valence-corrected chi connectivity index (χ4v) is 0.833. The minimum absolute atomic E-state index is 0.236. The molecule has 1 aliphatic rings. The van der Waals surface area contributed by atoms with Gasteiger partial charge >= 0.3 is 0 Å². The van der Waals surface area contributed by atoms with Gasteiger partial charge in [-0.15, -0.1) is 0 Å². The van der Waals surface area contributed by atoms with Gasteiger partial charge in [0.1, 0.15) is 0 Å². The third kappa shape index (κ3) is 2.33. The van der Waals surface area contributed by atoms with Gasteiger partial charge in [0.2, 0.25) is 5.91 Å². The molecule has 1 rings (SSSR count). The number of nitrogens with one attached hydrogen (secondary N) is 2. The molecule has 1 aliphatic heterocycles. The van der Waals surface area contributed by atoms with Crippen molar-refractivity contribution in [3.8, 4) is 0 Å². The molecule has 1 fully saturated rings. The number of hydrogen-bond acceptors (Lipinski definition) is 3. The van der Waals surface area contributed by atoms with Gasteiger partial charge < -0.3 is 16.4 Å². The quantitative estimate of drug-likeness (QED) is 0.445. The number of hydrogen-bond donors (Lipinski definition) is 3. The van der Waals surface area contributed by atoms with E-state index in [1.807, 2.05) is 0 Å². The maximum absolute atomic E-state index is 10.3. The average molecular weight is 143 g/mol. The number of carbonyl (C=O) groups excluding carboxylic acids is 1. The number of rotatable bonds is 4. The Labute approximate surface area is 60.2 Å². The molecule has 58 valence electrons. The Bertz CT molecular complexity index is 122. The standard InChI is InChI=1S/C6H13N3O/c7-6(10)1-2-9-5-3-8-4-5/h5,8-9H,1-4H2,(H2,7,10). The van der Waals surface area contributed by atoms with Crippen LogP contribution in [-0.2, 0) is 4.79 Å². The Morgan fingerprint density at radius 1 is 1.70 bits per heavy atom. The summed E-state index contributed by atoms with van der Waals surface area (Å²) in [7, 11) is 0. The predicted molar refractivity (Wildman–Crippen MR) is 38.5 cm³/mol. The number of primary amides is 1. The molecule has 0 radical (unpaired) electrons. The first-order valence-electron chi connectivity index (χ1n) is 3.51. The van der Waals surface area contributed by atoms with Crippen LogP contribution < -0.4 is 16.4 Å². The number of amides is 1. The normalized spacial score (nSPS) is 18.4. The maximum atomic E-state index is 10.3. The van der Waals surface area contributed by atoms with Crippen LogP contribution in [-0.4, -0.2) is 31.6 Å². The summed E-state index contributed by atoms with van der Waals surface area (Å²) in [6, 6.07) is 0.555. The van der Waals surface area contributed by atoms with Crippen molar-refractivity contribution in [2.45, 2.75) is 12.5 Å². The van der Waals surface area contributed by atoms with E-state index in [4.69, 9.17) is 5.73 Å². The third-order valence-corrected chi connectivity index (χ3v) is 1.59. The van der Waals surface area contributed by atoms with Gasteiger partial charge in [-0.2, -0.15) is 0 Å². The Morgan fingerprint density at radius 2 is 2.40 bits per heavy atom. The Balaban J connectivity index is 1.89. The highest BCUT2D eigenvalue weighted by Crippen LogP contribution is 1.89. The second-order valence-electron chi connectivity index (χ2n) is 2.53. The minimum Gasteiger partial charge on any atom is -0.370 e. The third-order valence-electron chi connectivity index (χ3n) is 1.59. The maximum Gasteiger partial charge on any atom is 0.218 e. The van der Waals surface area contributed by atoms with Crippen molar-refractivity contribution in [1.82, 2.24) is 10.6 Å². The smallest absolute Gasteiger partial charge is 0.218 e. The van der Waals surface area contributed by atoms with E-state index in [0.29, 0.717) is 19.0 Å². The second-order valence-corrected chi connectivity index (χ2v) is 2.53. The van der Waals surface area contributed by atoms with Crippen LogP contribution in [0.5, 0.6) is 0 Å². The summed E-state index contributed by atoms with van der Waals surface area (Å²) >= 11 is 0. The van der Waals surface area contributed by atoms with Gasteiger partial charge in [0, 0.05) is 32.1 Å². The Hall–Kier alpha value is -0.610. The first-order chi connectivity index (χ1) is 4.79. The lowest BCUT2D eigenvalue weighted by Gasteiger charge is -2.27. The van der Waals surface area contributed by atoms with Crippen molar-refractivity contribution < 1.29 is 4.79 Å². The molecule has 1 amide bonds. The topological polar surface area (TPSA) is 67.2 Å². The molecule has 0 saturated carbocycles. The minimum atomic E-state index is -0.236. The molecule has 4 heteroatoms. The molecule has 0 aliphatic carbocycles. The lowest BCUT2D eigenvalue weighted by atomic mass is 10.2. The molecule has 0 aromatic carbocycles. The monoisotopic (exact) mass is 143 g/mol. The zero-order valence-corrected chi connectivity index (χ0v) is 5.89. The summed E-state index contributed by atoms with van der Waals surface area (Å²) in [5, 5.41) is 6.31. The number of carbonyl (C=O) groups is 1. The lowest BCUT2D eigenvalue weighted by Crippen LogP contribution is -2.55. The highest BCUT2D eigenvalue weighted by Gasteiger charge is 2.14. The zero-order valence-electron chi connectivity index (χ0n) is 5.89. The van der Waals surface area contributed by atoms with Crippen LogP contribution in [0.3, 0.4) is 0 Å². The van der Waals surface area contributed by atoms with E-state index in [9.17, 15) is 4.79 Å². The first-order valence-corrected chi connectivity index (χ1v) is 3.51. The van der Waals surface area contributed by atoms with Gasteiger partial charge in [-0.25, -0.2) is 0 Å². The van der Waals surface area contributed by atoms with Crippen molar-refractivity contribution in [3.05, 3.63) is 0 Å². The molecule has 4 nitrogen and oxygen atoms in total. The van der Waals surface area contributed by atoms with Crippen molar-refractivity contribution >= 4 is 5.91 Å². The van der Waals surface area contributed by atoms with E-state index < -0.39 is 0 Å². The van der Waals surface area contributed by atoms with Crippen LogP contribution in [0.4, 0.5) is 0 Å². The molecule has 4 N–H and O–H groups in total. The highest BCUT2D eigenvalue weighted by atomic mass is 16.1. The molecule has 0 aromatic heterocycles. The molecular formula is C6H13N3O. The predicted octanol–water partition coefficient (Wildman–Crippen LogP) is -1.58. The largest absolute Gasteiger partial charge is 0.370 e. The summed E-state index contributed by atoms with van der Waals surface area (Å²) in [5.41, 5.74) is 4.94. The zero-order chi connectivity index (χ0) is 7.40. The van der Waals surface area contributed by atoms with Gasteiger partial charge in [-0.3, -0.25) is 4.79 Å². The molecule has 10 heavy (non-hydrogen) atoms. The van der Waals surface area contributed by atoms with Crippen molar-refractivity contribution in [2.75, 3.05) is 19.6 Å². The molecule has 0 spiro atoms. The SMILES string of the molecule is NC(=O)CCNC1CNC1.